The van der Waals surface area contributed by atoms with Crippen LogP contribution in [0.5, 0.6) is 0 Å². The standard InChI is InChI=1S/C43H33N/c1-4-44-38-18-10-9-16-36(38)40-30(17-11-19-39(40)44)28-22-20-27(21-23-28)29-24-25-35-37(26-29)43(2,3)42-34-15-8-6-13-32(34)31-12-5-7-14-33(31)41(35)42/h5-26H,4H2,1-3H3. The normalized spacial score (nSPS) is 13.6. The van der Waals surface area contributed by atoms with E-state index in [9.17, 15) is 0 Å². The molecule has 0 atom stereocenters. The number of hydrogen-bond acceptors (Lipinski definition) is 0. The van der Waals surface area contributed by atoms with Crippen molar-refractivity contribution < 1.29 is 0 Å². The van der Waals surface area contributed by atoms with Gasteiger partial charge >= 0.3 is 0 Å². The average Bonchev–Trinajstić information content (AvgIpc) is 3.53. The predicted octanol–water partition coefficient (Wildman–Crippen LogP) is 11.8. The summed E-state index contributed by atoms with van der Waals surface area (Å²) in [7, 11) is 0. The molecule has 7 aromatic carbocycles. The van der Waals surface area contributed by atoms with Gasteiger partial charge in [-0.1, -0.05) is 129 Å². The maximum absolute atomic E-state index is 2.45. The zero-order valence-electron chi connectivity index (χ0n) is 25.4. The third-order valence-corrected chi connectivity index (χ3v) is 10.2. The van der Waals surface area contributed by atoms with Crippen LogP contribution in [0.15, 0.2) is 133 Å². The molecule has 0 radical (unpaired) electrons. The fraction of sp³-hybridized carbons (Fsp3) is 0.116. The van der Waals surface area contributed by atoms with E-state index < -0.39 is 0 Å². The number of nitrogens with zero attached hydrogens (tertiary/aromatic N) is 1. The lowest BCUT2D eigenvalue weighted by Gasteiger charge is -2.24. The van der Waals surface area contributed by atoms with Gasteiger partial charge in [-0.2, -0.15) is 0 Å². The maximum atomic E-state index is 2.45. The van der Waals surface area contributed by atoms with E-state index in [4.69, 9.17) is 0 Å². The highest BCUT2D eigenvalue weighted by atomic mass is 15.0. The molecule has 0 bridgehead atoms. The quantitative estimate of drug-likeness (QED) is 0.188. The molecule has 0 aliphatic heterocycles. The summed E-state index contributed by atoms with van der Waals surface area (Å²) in [6.45, 7) is 7.99. The van der Waals surface area contributed by atoms with Crippen molar-refractivity contribution in [1.82, 2.24) is 4.57 Å². The van der Waals surface area contributed by atoms with Crippen molar-refractivity contribution in [3.63, 3.8) is 0 Å². The molecule has 1 heterocycles. The molecule has 44 heavy (non-hydrogen) atoms. The fourth-order valence-corrected chi connectivity index (χ4v) is 8.19. The van der Waals surface area contributed by atoms with E-state index in [1.165, 1.54) is 87.9 Å². The molecule has 0 amide bonds. The predicted molar refractivity (Wildman–Crippen MR) is 189 cm³/mol. The van der Waals surface area contributed by atoms with Crippen LogP contribution in [0.1, 0.15) is 31.9 Å². The summed E-state index contributed by atoms with van der Waals surface area (Å²) in [4.78, 5) is 0. The summed E-state index contributed by atoms with van der Waals surface area (Å²) in [6.07, 6.45) is 0. The van der Waals surface area contributed by atoms with Crippen molar-refractivity contribution in [3.8, 4) is 33.4 Å². The maximum Gasteiger partial charge on any atom is 0.0497 e. The van der Waals surface area contributed by atoms with Crippen LogP contribution < -0.4 is 0 Å². The zero-order chi connectivity index (χ0) is 29.6. The fourth-order valence-electron chi connectivity index (χ4n) is 8.19. The van der Waals surface area contributed by atoms with Gasteiger partial charge in [0.05, 0.1) is 0 Å². The summed E-state index contributed by atoms with van der Waals surface area (Å²) in [6, 6.07) is 49.7. The monoisotopic (exact) mass is 563 g/mol. The van der Waals surface area contributed by atoms with Crippen LogP contribution >= 0.6 is 0 Å². The summed E-state index contributed by atoms with van der Waals surface area (Å²) in [5, 5.41) is 8.06. The Morgan fingerprint density at radius 1 is 0.500 bits per heavy atom. The average molecular weight is 564 g/mol. The highest BCUT2D eigenvalue weighted by Crippen LogP contribution is 2.55. The number of rotatable bonds is 3. The first-order chi connectivity index (χ1) is 21.6. The molecule has 0 spiro atoms. The lowest BCUT2D eigenvalue weighted by atomic mass is 9.79. The van der Waals surface area contributed by atoms with Crippen LogP contribution in [0.2, 0.25) is 0 Å². The molecule has 0 N–H and O–H groups in total. The van der Waals surface area contributed by atoms with Gasteiger partial charge in [0.25, 0.3) is 0 Å². The Balaban J connectivity index is 1.18. The third kappa shape index (κ3) is 3.36. The van der Waals surface area contributed by atoms with Gasteiger partial charge in [0, 0.05) is 33.8 Å². The molecule has 9 rings (SSSR count). The van der Waals surface area contributed by atoms with Crippen LogP contribution in [-0.4, -0.2) is 4.57 Å². The Labute approximate surface area is 258 Å². The molecule has 8 aromatic rings. The smallest absolute Gasteiger partial charge is 0.0497 e. The lowest BCUT2D eigenvalue weighted by Crippen LogP contribution is -2.15. The first kappa shape index (κ1) is 25.4. The molecule has 0 unspecified atom stereocenters. The minimum Gasteiger partial charge on any atom is -0.341 e. The summed E-state index contributed by atoms with van der Waals surface area (Å²) in [5.74, 6) is 0. The van der Waals surface area contributed by atoms with Gasteiger partial charge in [-0.25, -0.2) is 0 Å². The number of fused-ring (bicyclic) bond motifs is 11. The Kier molecular flexibility index (Phi) is 5.29. The van der Waals surface area contributed by atoms with E-state index in [0.29, 0.717) is 0 Å². The second-order valence-corrected chi connectivity index (χ2v) is 12.8. The molecule has 1 nitrogen and oxygen atoms in total. The third-order valence-electron chi connectivity index (χ3n) is 10.2. The van der Waals surface area contributed by atoms with Gasteiger partial charge in [0.1, 0.15) is 0 Å². The van der Waals surface area contributed by atoms with E-state index in [-0.39, 0.29) is 5.41 Å². The van der Waals surface area contributed by atoms with Crippen molar-refractivity contribution in [2.75, 3.05) is 0 Å². The van der Waals surface area contributed by atoms with Crippen molar-refractivity contribution in [2.24, 2.45) is 0 Å². The number of para-hydroxylation sites is 1. The SMILES string of the molecule is CCn1c2ccccc2c2c(-c3ccc(-c4ccc5c(c4)C(C)(C)c4c-5c5ccccc5c5ccccc45)cc3)cccc21. The van der Waals surface area contributed by atoms with Crippen molar-refractivity contribution in [1.29, 1.82) is 0 Å². The highest BCUT2D eigenvalue weighted by Gasteiger charge is 2.38. The number of hydrogen-bond donors (Lipinski definition) is 0. The molecule has 0 saturated heterocycles. The van der Waals surface area contributed by atoms with Crippen LogP contribution in [0.25, 0.3) is 76.7 Å². The molecule has 210 valence electrons. The van der Waals surface area contributed by atoms with Crippen molar-refractivity contribution in [2.45, 2.75) is 32.7 Å². The van der Waals surface area contributed by atoms with E-state index in [1.54, 1.807) is 0 Å². The first-order valence-electron chi connectivity index (χ1n) is 15.8. The molecular weight excluding hydrogens is 530 g/mol. The van der Waals surface area contributed by atoms with Crippen LogP contribution in [0, 0.1) is 0 Å². The molecule has 1 aliphatic carbocycles. The van der Waals surface area contributed by atoms with Gasteiger partial charge in [0.15, 0.2) is 0 Å². The van der Waals surface area contributed by atoms with E-state index in [2.05, 4.69) is 159 Å². The van der Waals surface area contributed by atoms with Crippen LogP contribution in [-0.2, 0) is 12.0 Å². The molecule has 1 aromatic heterocycles. The van der Waals surface area contributed by atoms with Gasteiger partial charge in [-0.3, -0.25) is 0 Å². The second-order valence-electron chi connectivity index (χ2n) is 12.8. The topological polar surface area (TPSA) is 4.93 Å². The summed E-state index contributed by atoms with van der Waals surface area (Å²) < 4.78 is 2.43. The van der Waals surface area contributed by atoms with Crippen molar-refractivity contribution in [3.05, 3.63) is 145 Å². The van der Waals surface area contributed by atoms with E-state index in [0.717, 1.165) is 6.54 Å². The van der Waals surface area contributed by atoms with E-state index in [1.807, 2.05) is 0 Å². The Bertz CT molecular complexity index is 2440. The van der Waals surface area contributed by atoms with Gasteiger partial charge in [0.2, 0.25) is 0 Å². The largest absolute Gasteiger partial charge is 0.341 e. The highest BCUT2D eigenvalue weighted by molar-refractivity contribution is 6.18. The first-order valence-corrected chi connectivity index (χ1v) is 15.8. The summed E-state index contributed by atoms with van der Waals surface area (Å²) >= 11 is 0. The molecule has 0 fully saturated rings. The van der Waals surface area contributed by atoms with Crippen molar-refractivity contribution >= 4 is 43.4 Å². The van der Waals surface area contributed by atoms with E-state index >= 15 is 0 Å². The lowest BCUT2D eigenvalue weighted by molar-refractivity contribution is 0.667. The molecule has 0 saturated carbocycles. The number of aromatic nitrogens is 1. The van der Waals surface area contributed by atoms with Gasteiger partial charge < -0.3 is 4.57 Å². The molecule has 1 heteroatoms. The number of benzene rings is 7. The molecular formula is C43H33N. The molecule has 1 aliphatic rings. The Morgan fingerprint density at radius 3 is 1.84 bits per heavy atom. The minimum atomic E-state index is -0.104. The van der Waals surface area contributed by atoms with Gasteiger partial charge in [-0.05, 0) is 91.2 Å². The van der Waals surface area contributed by atoms with Gasteiger partial charge in [-0.15, -0.1) is 0 Å². The zero-order valence-corrected chi connectivity index (χ0v) is 25.4. The minimum absolute atomic E-state index is 0.104. The number of aryl methyl sites for hydroxylation is 1. The second kappa shape index (κ2) is 9.18. The summed E-state index contributed by atoms with van der Waals surface area (Å²) in [5.41, 5.74) is 13.2. The van der Waals surface area contributed by atoms with Crippen LogP contribution in [0.4, 0.5) is 0 Å². The van der Waals surface area contributed by atoms with Crippen LogP contribution in [0.3, 0.4) is 0 Å². The Hall–Kier alpha value is -5.14. The Morgan fingerprint density at radius 2 is 1.09 bits per heavy atom.